The number of aliphatic hydroxyl groups excluding tert-OH is 8. The summed E-state index contributed by atoms with van der Waals surface area (Å²) in [6.07, 6.45) is -30.7. The molecule has 0 aliphatic carbocycles. The third-order valence-corrected chi connectivity index (χ3v) is 12.4. The standard InChI is InChI=1S/C42H73N5O21/c1-10-43-42(61)47(13-11-12-46(8)9)37(58)36-35(28(55)30(57)41(68-36)65-33-23(44-18(6)50)31(17(4)5)62-20(14-48)25(33)52)67-39-24(45-19(7)51)34(26(53)21(15-49)63-39)66-40-29(56)27(54)22(16(2)3)32(64-40)38(59)60/h16-17,20-36,39-41,48-49,52-57H,10-15H2,1-9H3,(H,43,61)(H,44,50)(H,45,51)(H,59,60)/p+1. The molecule has 0 aromatic rings. The van der Waals surface area contributed by atoms with E-state index in [1.807, 2.05) is 14.1 Å². The van der Waals surface area contributed by atoms with Crippen LogP contribution in [-0.4, -0.2) is 244 Å². The highest BCUT2D eigenvalue weighted by Gasteiger charge is 2.58. The van der Waals surface area contributed by atoms with Crippen molar-refractivity contribution in [3.05, 3.63) is 0 Å². The summed E-state index contributed by atoms with van der Waals surface area (Å²) >= 11 is 0. The minimum Gasteiger partial charge on any atom is -0.479 e. The molecule has 0 aromatic carbocycles. The molecule has 4 saturated heterocycles. The van der Waals surface area contributed by atoms with Crippen molar-refractivity contribution >= 4 is 29.7 Å². The summed E-state index contributed by atoms with van der Waals surface area (Å²) in [5.41, 5.74) is 0. The molecule has 0 bridgehead atoms. The Kier molecular flexibility index (Phi) is 21.2. The number of carbonyl (C=O) groups excluding carboxylic acids is 4. The van der Waals surface area contributed by atoms with Gasteiger partial charge in [0.2, 0.25) is 11.8 Å². The van der Waals surface area contributed by atoms with E-state index in [0.717, 1.165) is 16.7 Å². The van der Waals surface area contributed by atoms with Crippen LogP contribution in [-0.2, 0) is 52.3 Å². The smallest absolute Gasteiger partial charge is 0.333 e. The van der Waals surface area contributed by atoms with Crippen molar-refractivity contribution in [1.29, 1.82) is 0 Å². The van der Waals surface area contributed by atoms with E-state index in [1.165, 1.54) is 6.92 Å². The molecule has 68 heavy (non-hydrogen) atoms. The van der Waals surface area contributed by atoms with Gasteiger partial charge >= 0.3 is 12.0 Å². The largest absolute Gasteiger partial charge is 0.479 e. The minimum absolute atomic E-state index is 0.0671. The van der Waals surface area contributed by atoms with Gasteiger partial charge in [-0.05, 0) is 18.8 Å². The number of carboxylic acids is 1. The van der Waals surface area contributed by atoms with Crippen LogP contribution in [0.25, 0.3) is 0 Å². The quantitative estimate of drug-likeness (QED) is 0.0572. The van der Waals surface area contributed by atoms with E-state index in [-0.39, 0.29) is 25.4 Å². The second kappa shape index (κ2) is 25.2. The van der Waals surface area contributed by atoms with Crippen LogP contribution in [0.15, 0.2) is 0 Å². The van der Waals surface area contributed by atoms with Gasteiger partial charge in [-0.25, -0.2) is 9.59 Å². The number of quaternary nitrogens is 1. The van der Waals surface area contributed by atoms with E-state index in [2.05, 4.69) is 16.0 Å². The molecule has 13 N–H and O–H groups in total. The molecule has 4 fully saturated rings. The van der Waals surface area contributed by atoms with E-state index in [4.69, 9.17) is 33.2 Å². The number of nitrogens with one attached hydrogen (secondary N) is 4. The molecule has 0 spiro atoms. The summed E-state index contributed by atoms with van der Waals surface area (Å²) in [4.78, 5) is 67.8. The molecule has 5 amide bonds. The summed E-state index contributed by atoms with van der Waals surface area (Å²) in [7, 11) is 3.69. The molecule has 4 heterocycles. The first kappa shape index (κ1) is 57.3. The molecule has 4 aliphatic rings. The Balaban J connectivity index is 1.81. The van der Waals surface area contributed by atoms with Gasteiger partial charge in [0, 0.05) is 39.3 Å². The Hall–Kier alpha value is -3.29. The van der Waals surface area contributed by atoms with Crippen LogP contribution in [0.5, 0.6) is 0 Å². The Labute approximate surface area is 394 Å². The van der Waals surface area contributed by atoms with Crippen LogP contribution in [0.2, 0.25) is 0 Å². The van der Waals surface area contributed by atoms with E-state index in [9.17, 15) is 69.9 Å². The number of hydrogen-bond acceptors (Lipinski definition) is 20. The van der Waals surface area contributed by atoms with Gasteiger partial charge in [-0.15, -0.1) is 0 Å². The Bertz CT molecular complexity index is 1680. The summed E-state index contributed by atoms with van der Waals surface area (Å²) in [5, 5.41) is 107. The average molecular weight is 985 g/mol. The van der Waals surface area contributed by atoms with Gasteiger partial charge in [-0.3, -0.25) is 19.3 Å². The first-order chi connectivity index (χ1) is 31.9. The molecule has 26 heteroatoms. The number of aliphatic carboxylic acids is 1. The SMILES string of the molecule is CCNC(=O)N(CCC[NH+](C)C)C(=O)C1OC(OC2C(O)C(CO)OC(C(C)C)C2NC(C)=O)C(O)C(O)C1OC1OC(CO)C(O)C(OC2OC(C(=O)O)C(C(C)C)C(O)C2O)C1NC(C)=O. The number of carboxylic acid groups (broad SMARTS) is 1. The van der Waals surface area contributed by atoms with E-state index >= 15 is 0 Å². The molecule has 0 aromatic heterocycles. The summed E-state index contributed by atoms with van der Waals surface area (Å²) in [6.45, 7) is 9.15. The number of rotatable bonds is 19. The van der Waals surface area contributed by atoms with Crippen LogP contribution in [0, 0.1) is 17.8 Å². The minimum atomic E-state index is -2.25. The predicted molar refractivity (Wildman–Crippen MR) is 229 cm³/mol. The fourth-order valence-corrected chi connectivity index (χ4v) is 9.03. The number of urea groups is 1. The number of carbonyl (C=O) groups is 5. The molecule has 26 nitrogen and oxygen atoms in total. The molecule has 392 valence electrons. The monoisotopic (exact) mass is 984 g/mol. The van der Waals surface area contributed by atoms with Crippen molar-refractivity contribution in [3.8, 4) is 0 Å². The second-order valence-electron chi connectivity index (χ2n) is 18.6. The van der Waals surface area contributed by atoms with Gasteiger partial charge in [0.25, 0.3) is 5.91 Å². The van der Waals surface area contributed by atoms with Crippen molar-refractivity contribution < 1.29 is 108 Å². The van der Waals surface area contributed by atoms with Gasteiger partial charge in [-0.1, -0.05) is 27.7 Å². The number of aliphatic hydroxyl groups is 8. The van der Waals surface area contributed by atoms with E-state index < -0.39 is 171 Å². The fraction of sp³-hybridized carbons (Fsp3) is 0.881. The van der Waals surface area contributed by atoms with Crippen LogP contribution >= 0.6 is 0 Å². The zero-order valence-corrected chi connectivity index (χ0v) is 39.8. The normalized spacial score (nSPS) is 38.8. The third-order valence-electron chi connectivity index (χ3n) is 12.4. The highest BCUT2D eigenvalue weighted by Crippen LogP contribution is 2.37. The van der Waals surface area contributed by atoms with Gasteiger partial charge in [0.15, 0.2) is 31.1 Å². The van der Waals surface area contributed by atoms with Crippen LogP contribution < -0.4 is 20.9 Å². The highest BCUT2D eigenvalue weighted by atomic mass is 16.8. The molecule has 20 atom stereocenters. The Morgan fingerprint density at radius 1 is 0.647 bits per heavy atom. The summed E-state index contributed by atoms with van der Waals surface area (Å²) in [5.74, 6) is -6.07. The third kappa shape index (κ3) is 13.4. The zero-order chi connectivity index (χ0) is 51.1. The van der Waals surface area contributed by atoms with Crippen LogP contribution in [0.4, 0.5) is 4.79 Å². The lowest BCUT2D eigenvalue weighted by Crippen LogP contribution is -3.05. The lowest BCUT2D eigenvalue weighted by Gasteiger charge is -2.51. The zero-order valence-electron chi connectivity index (χ0n) is 39.8. The first-order valence-electron chi connectivity index (χ1n) is 22.9. The van der Waals surface area contributed by atoms with Crippen molar-refractivity contribution in [2.75, 3.05) is 46.9 Å². The lowest BCUT2D eigenvalue weighted by molar-refractivity contribution is -0.858. The topological polar surface area (TPSA) is 376 Å². The Morgan fingerprint density at radius 3 is 1.63 bits per heavy atom. The number of nitrogens with zero attached hydrogens (tertiary/aromatic N) is 1. The van der Waals surface area contributed by atoms with Crippen molar-refractivity contribution in [3.63, 3.8) is 0 Å². The second-order valence-corrected chi connectivity index (χ2v) is 18.6. The highest BCUT2D eigenvalue weighted by molar-refractivity contribution is 5.97. The maximum absolute atomic E-state index is 14.8. The Morgan fingerprint density at radius 2 is 1.15 bits per heavy atom. The number of ether oxygens (including phenoxy) is 7. The molecule has 0 radical (unpaired) electrons. The maximum atomic E-state index is 14.8. The van der Waals surface area contributed by atoms with Gasteiger partial charge in [-0.2, -0.15) is 0 Å². The maximum Gasteiger partial charge on any atom is 0.333 e. The molecule has 4 rings (SSSR count). The van der Waals surface area contributed by atoms with Gasteiger partial charge in [0.1, 0.15) is 67.1 Å². The summed E-state index contributed by atoms with van der Waals surface area (Å²) < 4.78 is 42.0. The molecular weight excluding hydrogens is 910 g/mol. The van der Waals surface area contributed by atoms with E-state index in [0.29, 0.717) is 6.54 Å². The first-order valence-corrected chi connectivity index (χ1v) is 22.9. The molecule has 4 aliphatic heterocycles. The van der Waals surface area contributed by atoms with Crippen LogP contribution in [0.3, 0.4) is 0 Å². The van der Waals surface area contributed by atoms with E-state index in [1.54, 1.807) is 34.6 Å². The lowest BCUT2D eigenvalue weighted by atomic mass is 9.80. The number of amides is 5. The van der Waals surface area contributed by atoms with Crippen molar-refractivity contribution in [2.45, 2.75) is 171 Å². The molecular formula is C42H74N5O21+. The summed E-state index contributed by atoms with van der Waals surface area (Å²) in [6, 6.07) is -3.80. The van der Waals surface area contributed by atoms with Gasteiger partial charge < -0.3 is 100.0 Å². The van der Waals surface area contributed by atoms with Gasteiger partial charge in [0.05, 0.1) is 52.1 Å². The van der Waals surface area contributed by atoms with Crippen molar-refractivity contribution in [2.24, 2.45) is 17.8 Å². The van der Waals surface area contributed by atoms with Crippen LogP contribution in [0.1, 0.15) is 54.9 Å². The number of hydrogen-bond donors (Lipinski definition) is 13. The molecule has 0 saturated carbocycles. The average Bonchev–Trinajstić information content (AvgIpc) is 3.25. The number of imide groups is 1. The molecule has 20 unspecified atom stereocenters. The fourth-order valence-electron chi connectivity index (χ4n) is 9.03. The predicted octanol–water partition coefficient (Wildman–Crippen LogP) is -6.65. The van der Waals surface area contributed by atoms with Crippen molar-refractivity contribution in [1.82, 2.24) is 20.9 Å².